The van der Waals surface area contributed by atoms with E-state index in [1.165, 1.54) is 6.42 Å². The van der Waals surface area contributed by atoms with Crippen molar-refractivity contribution in [3.8, 4) is 0 Å². The third-order valence-corrected chi connectivity index (χ3v) is 0. The quantitative estimate of drug-likeness (QED) is 0.294. The molecule has 2 nitrogen and oxygen atoms in total. The Hall–Kier alpha value is 0.608. The van der Waals surface area contributed by atoms with Gasteiger partial charge in [0.1, 0.15) is 0 Å². The predicted octanol–water partition coefficient (Wildman–Crippen LogP) is 11.7. The second-order valence-corrected chi connectivity index (χ2v) is 1.21. The standard InChI is InChI=1S/C3H8.C3H7.C2H6.10CH4.3CH3.2H3N.Pt/c2*1-3-2;1-2;;;;;;;;;;;;;;;;/h3H2,1-2H3;1,3H2,2H3;1-2H3;10*1H4;5*1H3;/q;-1;;;;;;;;;;;;3*-1;;;+4. The molecule has 0 aliphatic heterocycles. The molecule has 0 saturated heterocycles. The van der Waals surface area contributed by atoms with E-state index in [2.05, 4.69) is 20.8 Å². The molecule has 24 heavy (non-hydrogen) atoms. The second-order valence-electron chi connectivity index (χ2n) is 1.21. The van der Waals surface area contributed by atoms with Crippen LogP contribution >= 0.6 is 0 Å². The minimum absolute atomic E-state index is 0. The summed E-state index contributed by atoms with van der Waals surface area (Å²) in [7, 11) is 0. The van der Waals surface area contributed by atoms with Crippen molar-refractivity contribution in [2.24, 2.45) is 0 Å². The van der Waals surface area contributed by atoms with Gasteiger partial charge in [0, 0.05) is 0 Å². The van der Waals surface area contributed by atoms with Crippen LogP contribution in [-0.4, -0.2) is 0 Å². The van der Waals surface area contributed by atoms with Gasteiger partial charge in [0.05, 0.1) is 0 Å². The summed E-state index contributed by atoms with van der Waals surface area (Å²) in [6.45, 7) is 13.8. The van der Waals surface area contributed by atoms with Crippen LogP contribution in [0.5, 0.6) is 0 Å². The minimum atomic E-state index is 0. The molecule has 0 aliphatic carbocycles. The molecule has 0 heterocycles. The van der Waals surface area contributed by atoms with Gasteiger partial charge in [-0.1, -0.05) is 115 Å². The minimum Gasteiger partial charge on any atom is -0.358 e. The zero-order valence-electron chi connectivity index (χ0n) is 11.9. The first-order valence-electron chi connectivity index (χ1n) is 3.62. The molecule has 0 saturated carbocycles. The Morgan fingerprint density at radius 2 is 0.500 bits per heavy atom. The Labute approximate surface area is 184 Å². The Morgan fingerprint density at radius 1 is 0.500 bits per heavy atom. The smallest absolute Gasteiger partial charge is 0.358 e. The Balaban J connectivity index is -0.000000000694. The van der Waals surface area contributed by atoms with Crippen LogP contribution in [0.4, 0.5) is 0 Å². The van der Waals surface area contributed by atoms with Gasteiger partial charge in [-0.2, -0.15) is 6.42 Å². The van der Waals surface area contributed by atoms with Crippen molar-refractivity contribution in [1.82, 2.24) is 12.3 Å². The van der Waals surface area contributed by atoms with Crippen LogP contribution in [0.3, 0.4) is 0 Å². The molecule has 0 unspecified atom stereocenters. The molecule has 3 heteroatoms. The fourth-order valence-electron chi connectivity index (χ4n) is 0. The van der Waals surface area contributed by atoms with Gasteiger partial charge in [-0.05, 0) is 0 Å². The summed E-state index contributed by atoms with van der Waals surface area (Å²) in [5.41, 5.74) is 0. The third kappa shape index (κ3) is 28500. The molecular weight excluding hydrogens is 475 g/mol. The Kier molecular flexibility index (Phi) is 32200. The molecule has 0 aromatic carbocycles. The third-order valence-electron chi connectivity index (χ3n) is 0. The van der Waals surface area contributed by atoms with Gasteiger partial charge in [0.25, 0.3) is 0 Å². The topological polar surface area (TPSA) is 70.0 Å². The first-order valence-corrected chi connectivity index (χ1v) is 3.62. The van der Waals surface area contributed by atoms with Gasteiger partial charge in [0.2, 0.25) is 0 Å². The molecule has 0 aliphatic rings. The zero-order valence-corrected chi connectivity index (χ0v) is 14.1. The molecular formula is C21H76N2Pt. The van der Waals surface area contributed by atoms with Gasteiger partial charge in [-0.15, -0.1) is 0 Å². The summed E-state index contributed by atoms with van der Waals surface area (Å²) in [5.74, 6) is 0. The molecule has 0 rings (SSSR count). The molecule has 0 atom stereocenters. The van der Waals surface area contributed by atoms with Crippen LogP contribution in [0.25, 0.3) is 0 Å². The maximum Gasteiger partial charge on any atom is 4.00 e. The average molecular weight is 552 g/mol. The molecule has 0 amide bonds. The molecule has 0 bridgehead atoms. The van der Waals surface area contributed by atoms with Crippen molar-refractivity contribution >= 4 is 0 Å². The fourth-order valence-corrected chi connectivity index (χ4v) is 0. The van der Waals surface area contributed by atoms with E-state index in [9.17, 15) is 0 Å². The monoisotopic (exact) mass is 552 g/mol. The molecule has 0 fully saturated rings. The van der Waals surface area contributed by atoms with Gasteiger partial charge in [0.15, 0.2) is 0 Å². The summed E-state index contributed by atoms with van der Waals surface area (Å²) in [4.78, 5) is 0. The maximum atomic E-state index is 3.49. The molecule has 6 N–H and O–H groups in total. The van der Waals surface area contributed by atoms with E-state index in [4.69, 9.17) is 0 Å². The molecule has 0 aromatic rings. The summed E-state index contributed by atoms with van der Waals surface area (Å²) >= 11 is 0. The largest absolute Gasteiger partial charge is 4.00 e. The van der Waals surface area contributed by atoms with Crippen LogP contribution in [0.1, 0.15) is 122 Å². The molecule has 0 spiro atoms. The molecule has 0 aromatic heterocycles. The molecule has 180 valence electrons. The van der Waals surface area contributed by atoms with E-state index in [1.54, 1.807) is 0 Å². The van der Waals surface area contributed by atoms with E-state index in [0.29, 0.717) is 0 Å². The van der Waals surface area contributed by atoms with Crippen molar-refractivity contribution in [3.63, 3.8) is 0 Å². The van der Waals surface area contributed by atoms with E-state index in [-0.39, 0.29) is 130 Å². The van der Waals surface area contributed by atoms with Crippen LogP contribution < -0.4 is 12.3 Å². The van der Waals surface area contributed by atoms with E-state index < -0.39 is 0 Å². The zero-order chi connectivity index (χ0) is 7.41. The normalized spacial score (nSPS) is 1.75. The first-order chi connectivity index (χ1) is 3.83. The van der Waals surface area contributed by atoms with Crippen molar-refractivity contribution in [2.75, 3.05) is 0 Å². The van der Waals surface area contributed by atoms with Gasteiger partial charge >= 0.3 is 21.1 Å². The summed E-state index contributed by atoms with van der Waals surface area (Å²) in [5, 5.41) is 0. The van der Waals surface area contributed by atoms with E-state index in [1.807, 2.05) is 20.8 Å². The predicted molar refractivity (Wildman–Crippen MR) is 140 cm³/mol. The molecule has 0 radical (unpaired) electrons. The number of hydrogen-bond donors (Lipinski definition) is 2. The maximum absolute atomic E-state index is 3.49. The average Bonchev–Trinajstić information content (AvgIpc) is 1.75. The van der Waals surface area contributed by atoms with Crippen molar-refractivity contribution in [1.29, 1.82) is 0 Å². The Morgan fingerprint density at radius 3 is 0.500 bits per heavy atom. The van der Waals surface area contributed by atoms with E-state index >= 15 is 0 Å². The Bertz CT molecular complexity index is 17.8. The number of rotatable bonds is 0. The second kappa shape index (κ2) is 1770. The van der Waals surface area contributed by atoms with Crippen LogP contribution in [-0.2, 0) is 21.1 Å². The van der Waals surface area contributed by atoms with Gasteiger partial charge in [-0.3, -0.25) is 0 Å². The fraction of sp³-hybridized carbons (Fsp3) is 0.810. The SMILES string of the molecule is C.C.C.C.C.C.C.C.C.C.CC.CCC.N.N.[CH2-]CC.[CH3-].[CH3-].[CH3-].[Pt+4]. The van der Waals surface area contributed by atoms with Crippen LogP contribution in [0.2, 0.25) is 0 Å². The summed E-state index contributed by atoms with van der Waals surface area (Å²) < 4.78 is 0. The van der Waals surface area contributed by atoms with Gasteiger partial charge in [-0.25, -0.2) is 0 Å². The number of hydrogen-bond acceptors (Lipinski definition) is 2. The van der Waals surface area contributed by atoms with E-state index in [0.717, 1.165) is 6.42 Å². The van der Waals surface area contributed by atoms with Crippen molar-refractivity contribution in [3.05, 3.63) is 29.2 Å². The van der Waals surface area contributed by atoms with Crippen LogP contribution in [0, 0.1) is 29.2 Å². The van der Waals surface area contributed by atoms with Gasteiger partial charge < -0.3 is 41.5 Å². The summed E-state index contributed by atoms with van der Waals surface area (Å²) in [6, 6.07) is 0. The van der Waals surface area contributed by atoms with Crippen molar-refractivity contribution in [2.45, 2.75) is 122 Å². The first kappa shape index (κ1) is 436. The van der Waals surface area contributed by atoms with Crippen molar-refractivity contribution < 1.29 is 21.1 Å². The van der Waals surface area contributed by atoms with Crippen LogP contribution in [0.15, 0.2) is 0 Å². The summed E-state index contributed by atoms with van der Waals surface area (Å²) in [6.07, 6.45) is 2.25.